The van der Waals surface area contributed by atoms with Crippen molar-refractivity contribution in [1.29, 1.82) is 5.26 Å². The first-order valence-corrected chi connectivity index (χ1v) is 4.10. The van der Waals surface area contributed by atoms with Crippen molar-refractivity contribution in [3.63, 3.8) is 0 Å². The number of hydrogen-bond acceptors (Lipinski definition) is 2. The van der Waals surface area contributed by atoms with Crippen LogP contribution in [0.25, 0.3) is 0 Å². The van der Waals surface area contributed by atoms with Gasteiger partial charge in [0.25, 0.3) is 0 Å². The van der Waals surface area contributed by atoms with Gasteiger partial charge in [0.1, 0.15) is 5.82 Å². The van der Waals surface area contributed by atoms with Gasteiger partial charge in [-0.1, -0.05) is 17.7 Å². The molecule has 0 radical (unpaired) electrons. The van der Waals surface area contributed by atoms with Crippen LogP contribution in [0.3, 0.4) is 0 Å². The van der Waals surface area contributed by atoms with Gasteiger partial charge in [-0.05, 0) is 17.7 Å². The average molecular weight is 199 g/mol. The third-order valence-electron chi connectivity index (χ3n) is 1.67. The zero-order valence-corrected chi connectivity index (χ0v) is 7.55. The summed E-state index contributed by atoms with van der Waals surface area (Å²) in [4.78, 5) is 0. The van der Waals surface area contributed by atoms with Gasteiger partial charge in [0.15, 0.2) is 0 Å². The Morgan fingerprint density at radius 2 is 2.31 bits per heavy atom. The summed E-state index contributed by atoms with van der Waals surface area (Å²) in [6.45, 7) is 0. The Balaban J connectivity index is 2.96. The summed E-state index contributed by atoms with van der Waals surface area (Å²) in [6.07, 6.45) is 0.172. The van der Waals surface area contributed by atoms with E-state index in [9.17, 15) is 4.39 Å². The molecule has 1 atom stereocenters. The molecule has 0 fully saturated rings. The van der Waals surface area contributed by atoms with E-state index in [4.69, 9.17) is 22.6 Å². The molecule has 4 heteroatoms. The lowest BCUT2D eigenvalue weighted by molar-refractivity contribution is 0.625. The van der Waals surface area contributed by atoms with E-state index in [1.807, 2.05) is 6.07 Å². The van der Waals surface area contributed by atoms with E-state index in [0.29, 0.717) is 5.56 Å². The lowest BCUT2D eigenvalue weighted by Crippen LogP contribution is -2.09. The molecule has 2 nitrogen and oxygen atoms in total. The van der Waals surface area contributed by atoms with E-state index < -0.39 is 11.9 Å². The maximum absolute atomic E-state index is 12.6. The maximum Gasteiger partial charge on any atom is 0.124 e. The van der Waals surface area contributed by atoms with Gasteiger partial charge in [0, 0.05) is 11.1 Å². The van der Waals surface area contributed by atoms with Gasteiger partial charge in [0.2, 0.25) is 0 Å². The fourth-order valence-electron chi connectivity index (χ4n) is 1.01. The predicted octanol–water partition coefficient (Wildman–Crippen LogP) is 2.39. The van der Waals surface area contributed by atoms with Crippen LogP contribution >= 0.6 is 11.6 Å². The Kier molecular flexibility index (Phi) is 3.24. The summed E-state index contributed by atoms with van der Waals surface area (Å²) in [7, 11) is 0. The fourth-order valence-corrected chi connectivity index (χ4v) is 1.32. The zero-order valence-electron chi connectivity index (χ0n) is 6.80. The molecule has 1 rings (SSSR count). The maximum atomic E-state index is 12.6. The molecule has 68 valence electrons. The number of halogens is 2. The minimum absolute atomic E-state index is 0.172. The standard InChI is InChI=1S/C9H8ClFN2/c10-8-5-6(11)1-2-7(8)9(13)3-4-12/h1-2,5,9H,3,13H2/t9-/m0/s1. The van der Waals surface area contributed by atoms with E-state index in [1.165, 1.54) is 18.2 Å². The van der Waals surface area contributed by atoms with Crippen molar-refractivity contribution in [2.75, 3.05) is 0 Å². The van der Waals surface area contributed by atoms with Crippen molar-refractivity contribution in [2.24, 2.45) is 5.73 Å². The molecule has 1 aromatic carbocycles. The Morgan fingerprint density at radius 3 is 2.85 bits per heavy atom. The summed E-state index contributed by atoms with van der Waals surface area (Å²) >= 11 is 5.73. The number of nitrogens with zero attached hydrogens (tertiary/aromatic N) is 1. The van der Waals surface area contributed by atoms with E-state index >= 15 is 0 Å². The van der Waals surface area contributed by atoms with Crippen LogP contribution in [0.15, 0.2) is 18.2 Å². The highest BCUT2D eigenvalue weighted by molar-refractivity contribution is 6.31. The quantitative estimate of drug-likeness (QED) is 0.793. The normalized spacial score (nSPS) is 12.2. The van der Waals surface area contributed by atoms with Gasteiger partial charge in [-0.25, -0.2) is 4.39 Å². The molecule has 0 heterocycles. The van der Waals surface area contributed by atoms with Crippen LogP contribution in [0.5, 0.6) is 0 Å². The second-order valence-corrected chi connectivity index (χ2v) is 3.04. The first-order chi connectivity index (χ1) is 6.15. The van der Waals surface area contributed by atoms with Crippen LogP contribution in [0.2, 0.25) is 5.02 Å². The second kappa shape index (κ2) is 4.22. The van der Waals surface area contributed by atoms with Crippen LogP contribution in [0.4, 0.5) is 4.39 Å². The van der Waals surface area contributed by atoms with Crippen LogP contribution in [-0.2, 0) is 0 Å². The molecule has 1 aromatic rings. The third kappa shape index (κ3) is 2.41. The molecule has 2 N–H and O–H groups in total. The van der Waals surface area contributed by atoms with Gasteiger partial charge < -0.3 is 5.73 Å². The van der Waals surface area contributed by atoms with Gasteiger partial charge in [-0.3, -0.25) is 0 Å². The lowest BCUT2D eigenvalue weighted by Gasteiger charge is -2.09. The second-order valence-electron chi connectivity index (χ2n) is 2.63. The lowest BCUT2D eigenvalue weighted by atomic mass is 10.1. The minimum Gasteiger partial charge on any atom is -0.323 e. The van der Waals surface area contributed by atoms with Crippen LogP contribution in [0, 0.1) is 17.1 Å². The van der Waals surface area contributed by atoms with E-state index in [0.717, 1.165) is 0 Å². The molecular formula is C9H8ClFN2. The summed E-state index contributed by atoms with van der Waals surface area (Å²) in [5.41, 5.74) is 6.23. The topological polar surface area (TPSA) is 49.8 Å². The van der Waals surface area contributed by atoms with Crippen molar-refractivity contribution in [1.82, 2.24) is 0 Å². The minimum atomic E-state index is -0.446. The smallest absolute Gasteiger partial charge is 0.124 e. The van der Waals surface area contributed by atoms with Crippen molar-refractivity contribution in [3.05, 3.63) is 34.6 Å². The van der Waals surface area contributed by atoms with Gasteiger partial charge in [0.05, 0.1) is 12.5 Å². The first-order valence-electron chi connectivity index (χ1n) is 3.72. The molecule has 0 bridgehead atoms. The highest BCUT2D eigenvalue weighted by Gasteiger charge is 2.09. The largest absolute Gasteiger partial charge is 0.323 e. The molecule has 0 saturated heterocycles. The van der Waals surface area contributed by atoms with Gasteiger partial charge in [-0.2, -0.15) is 5.26 Å². The van der Waals surface area contributed by atoms with E-state index in [-0.39, 0.29) is 11.4 Å². The SMILES string of the molecule is N#CC[C@H](N)c1ccc(F)cc1Cl. The summed E-state index contributed by atoms with van der Waals surface area (Å²) in [6, 6.07) is 5.45. The summed E-state index contributed by atoms with van der Waals surface area (Å²) < 4.78 is 12.6. The molecule has 0 amide bonds. The van der Waals surface area contributed by atoms with Crippen LogP contribution in [-0.4, -0.2) is 0 Å². The number of benzene rings is 1. The number of nitrogens with two attached hydrogens (primary N) is 1. The van der Waals surface area contributed by atoms with E-state index in [1.54, 1.807) is 0 Å². The summed E-state index contributed by atoms with van der Waals surface area (Å²) in [5.74, 6) is -0.405. The number of nitriles is 1. The molecule has 0 aliphatic heterocycles. The van der Waals surface area contributed by atoms with Crippen LogP contribution < -0.4 is 5.73 Å². The molecular weight excluding hydrogens is 191 g/mol. The molecule has 0 saturated carbocycles. The first kappa shape index (κ1) is 9.97. The summed E-state index contributed by atoms with van der Waals surface area (Å²) in [5, 5.41) is 8.66. The average Bonchev–Trinajstić information content (AvgIpc) is 2.04. The van der Waals surface area contributed by atoms with E-state index in [2.05, 4.69) is 0 Å². The highest BCUT2D eigenvalue weighted by atomic mass is 35.5. The Bertz CT molecular complexity index is 346. The molecule has 0 unspecified atom stereocenters. The van der Waals surface area contributed by atoms with Crippen molar-refractivity contribution >= 4 is 11.6 Å². The molecule has 0 aliphatic rings. The van der Waals surface area contributed by atoms with Crippen LogP contribution in [0.1, 0.15) is 18.0 Å². The highest BCUT2D eigenvalue weighted by Crippen LogP contribution is 2.23. The van der Waals surface area contributed by atoms with Gasteiger partial charge >= 0.3 is 0 Å². The fraction of sp³-hybridized carbons (Fsp3) is 0.222. The molecule has 0 aliphatic carbocycles. The molecule has 0 aromatic heterocycles. The monoisotopic (exact) mass is 198 g/mol. The van der Waals surface area contributed by atoms with Gasteiger partial charge in [-0.15, -0.1) is 0 Å². The Hall–Kier alpha value is -1.11. The van der Waals surface area contributed by atoms with Crippen molar-refractivity contribution in [2.45, 2.75) is 12.5 Å². The third-order valence-corrected chi connectivity index (χ3v) is 2.00. The van der Waals surface area contributed by atoms with Crippen molar-refractivity contribution < 1.29 is 4.39 Å². The Labute approximate surface area is 80.7 Å². The molecule has 13 heavy (non-hydrogen) atoms. The zero-order chi connectivity index (χ0) is 9.84. The number of rotatable bonds is 2. The molecule has 0 spiro atoms. The number of hydrogen-bond donors (Lipinski definition) is 1. The predicted molar refractivity (Wildman–Crippen MR) is 48.6 cm³/mol. The Morgan fingerprint density at radius 1 is 1.62 bits per heavy atom. The van der Waals surface area contributed by atoms with Crippen molar-refractivity contribution in [3.8, 4) is 6.07 Å².